The number of anilines is 2. The fourth-order valence-corrected chi connectivity index (χ4v) is 7.35. The second kappa shape index (κ2) is 7.54. The van der Waals surface area contributed by atoms with E-state index < -0.39 is 0 Å². The molecule has 1 amide bonds. The molecule has 9 nitrogen and oxygen atoms in total. The van der Waals surface area contributed by atoms with E-state index in [1.165, 1.54) is 11.1 Å². The van der Waals surface area contributed by atoms with E-state index in [1.807, 2.05) is 12.1 Å². The summed E-state index contributed by atoms with van der Waals surface area (Å²) in [5.41, 5.74) is 13.1. The summed E-state index contributed by atoms with van der Waals surface area (Å²) < 4.78 is 0. The third-order valence-corrected chi connectivity index (χ3v) is 9.57. The summed E-state index contributed by atoms with van der Waals surface area (Å²) in [7, 11) is 0. The predicted octanol–water partition coefficient (Wildman–Crippen LogP) is 3.06. The summed E-state index contributed by atoms with van der Waals surface area (Å²) >= 11 is 0. The van der Waals surface area contributed by atoms with E-state index >= 15 is 0 Å². The molecule has 0 radical (unpaired) electrons. The SMILES string of the molecule is N[C@@H]1c2ccccc2CC12CCN(c1nc3[nH]nc(C4(c5cccc6c5CC(=O)N6)CC4)c3c(=O)[nH]1)CC2. The molecule has 2 aliphatic carbocycles. The van der Waals surface area contributed by atoms with Crippen LogP contribution in [0.25, 0.3) is 11.0 Å². The maximum absolute atomic E-state index is 13.5. The molecule has 192 valence electrons. The second-order valence-electron chi connectivity index (χ2n) is 11.5. The standard InChI is InChI=1S/C29H29N7O2/c30-23-17-5-2-1-4-16(17)15-28(23)10-12-36(13-11-28)27-32-25-22(26(38)33-27)24(34-35-25)29(8-9-29)19-6-3-7-20-18(19)14-21(37)31-20/h1-7,23H,8-15,30H2,(H,31,37)(H2,32,33,34,35,38)/t23-/m1/s1. The van der Waals surface area contributed by atoms with Crippen LogP contribution in [0.4, 0.5) is 11.6 Å². The van der Waals surface area contributed by atoms with Gasteiger partial charge in [0.15, 0.2) is 5.65 Å². The fourth-order valence-electron chi connectivity index (χ4n) is 7.35. The van der Waals surface area contributed by atoms with Gasteiger partial charge in [-0.3, -0.25) is 19.7 Å². The van der Waals surface area contributed by atoms with E-state index in [0.717, 1.165) is 67.7 Å². The third-order valence-electron chi connectivity index (χ3n) is 9.57. The van der Waals surface area contributed by atoms with Crippen LogP contribution in [0.15, 0.2) is 47.3 Å². The van der Waals surface area contributed by atoms with Crippen molar-refractivity contribution >= 4 is 28.6 Å². The third kappa shape index (κ3) is 2.96. The normalized spacial score (nSPS) is 22.5. The number of nitrogens with two attached hydrogens (primary N) is 1. The van der Waals surface area contributed by atoms with Crippen molar-refractivity contribution in [2.24, 2.45) is 11.1 Å². The monoisotopic (exact) mass is 507 g/mol. The van der Waals surface area contributed by atoms with Crippen molar-refractivity contribution in [1.82, 2.24) is 20.2 Å². The zero-order valence-electron chi connectivity index (χ0n) is 21.0. The Balaban J connectivity index is 1.10. The molecule has 9 heteroatoms. The molecule has 4 heterocycles. The van der Waals surface area contributed by atoms with Crippen LogP contribution >= 0.6 is 0 Å². The Morgan fingerprint density at radius 1 is 1.00 bits per heavy atom. The van der Waals surface area contributed by atoms with Crippen LogP contribution in [0.3, 0.4) is 0 Å². The minimum absolute atomic E-state index is 0.00467. The highest BCUT2D eigenvalue weighted by Gasteiger charge is 2.51. The number of hydrogen-bond acceptors (Lipinski definition) is 6. The zero-order chi connectivity index (χ0) is 25.6. The lowest BCUT2D eigenvalue weighted by molar-refractivity contribution is -0.115. The Bertz CT molecular complexity index is 1690. The summed E-state index contributed by atoms with van der Waals surface area (Å²) in [5, 5.41) is 11.2. The number of piperidine rings is 1. The Hall–Kier alpha value is -3.98. The molecule has 2 fully saturated rings. The lowest BCUT2D eigenvalue weighted by Gasteiger charge is -2.42. The summed E-state index contributed by atoms with van der Waals surface area (Å²) in [6, 6.07) is 14.5. The lowest BCUT2D eigenvalue weighted by atomic mass is 9.73. The quantitative estimate of drug-likeness (QED) is 0.337. The Labute approximate surface area is 218 Å². The van der Waals surface area contributed by atoms with Gasteiger partial charge in [-0.1, -0.05) is 36.4 Å². The molecule has 1 spiro atoms. The molecule has 2 aromatic carbocycles. The molecule has 4 aliphatic rings. The van der Waals surface area contributed by atoms with Gasteiger partial charge in [-0.2, -0.15) is 10.1 Å². The number of fused-ring (bicyclic) bond motifs is 3. The number of rotatable bonds is 3. The minimum atomic E-state index is -0.364. The van der Waals surface area contributed by atoms with E-state index in [9.17, 15) is 9.59 Å². The Morgan fingerprint density at radius 3 is 2.61 bits per heavy atom. The Kier molecular flexibility index (Phi) is 4.37. The molecule has 0 bridgehead atoms. The summed E-state index contributed by atoms with van der Waals surface area (Å²) in [4.78, 5) is 35.6. The first-order chi connectivity index (χ1) is 18.5. The van der Waals surface area contributed by atoms with Crippen molar-refractivity contribution in [3.63, 3.8) is 0 Å². The summed E-state index contributed by atoms with van der Waals surface area (Å²) in [6.07, 6.45) is 5.05. The highest BCUT2D eigenvalue weighted by molar-refractivity contribution is 6.00. The van der Waals surface area contributed by atoms with Gasteiger partial charge in [-0.05, 0) is 65.8 Å². The smallest absolute Gasteiger partial charge is 0.263 e. The molecule has 0 unspecified atom stereocenters. The van der Waals surface area contributed by atoms with Gasteiger partial charge in [0.2, 0.25) is 11.9 Å². The average Bonchev–Trinajstić information content (AvgIpc) is 3.31. The van der Waals surface area contributed by atoms with Crippen LogP contribution in [0.2, 0.25) is 0 Å². The number of nitrogens with zero attached hydrogens (tertiary/aromatic N) is 3. The van der Waals surface area contributed by atoms with Gasteiger partial charge in [-0.25, -0.2) is 0 Å². The van der Waals surface area contributed by atoms with Gasteiger partial charge in [0.1, 0.15) is 5.39 Å². The van der Waals surface area contributed by atoms with Crippen LogP contribution in [0.5, 0.6) is 0 Å². The topological polar surface area (TPSA) is 133 Å². The molecule has 4 aromatic rings. The van der Waals surface area contributed by atoms with Gasteiger partial charge >= 0.3 is 0 Å². The zero-order valence-corrected chi connectivity index (χ0v) is 21.0. The van der Waals surface area contributed by atoms with Crippen molar-refractivity contribution in [3.8, 4) is 0 Å². The lowest BCUT2D eigenvalue weighted by Crippen LogP contribution is -2.45. The van der Waals surface area contributed by atoms with Crippen LogP contribution in [0, 0.1) is 5.41 Å². The van der Waals surface area contributed by atoms with Gasteiger partial charge in [0.05, 0.1) is 12.1 Å². The number of H-pyrrole nitrogens is 2. The number of carbonyl (C=O) groups is 1. The number of carbonyl (C=O) groups excluding carboxylic acids is 1. The first-order valence-electron chi connectivity index (χ1n) is 13.5. The molecule has 38 heavy (non-hydrogen) atoms. The Morgan fingerprint density at radius 2 is 1.82 bits per heavy atom. The van der Waals surface area contributed by atoms with Gasteiger partial charge < -0.3 is 16.0 Å². The van der Waals surface area contributed by atoms with E-state index in [0.29, 0.717) is 23.4 Å². The largest absolute Gasteiger partial charge is 0.342 e. The van der Waals surface area contributed by atoms with Crippen molar-refractivity contribution in [3.05, 3.63) is 80.8 Å². The number of benzene rings is 2. The van der Waals surface area contributed by atoms with Crippen molar-refractivity contribution in [1.29, 1.82) is 0 Å². The van der Waals surface area contributed by atoms with E-state index in [-0.39, 0.29) is 28.3 Å². The molecular formula is C29H29N7O2. The predicted molar refractivity (Wildman–Crippen MR) is 144 cm³/mol. The summed E-state index contributed by atoms with van der Waals surface area (Å²) in [6.45, 7) is 1.58. The average molecular weight is 508 g/mol. The molecule has 2 aromatic heterocycles. The molecule has 2 aliphatic heterocycles. The van der Waals surface area contributed by atoms with Gasteiger partial charge in [0, 0.05) is 30.2 Å². The minimum Gasteiger partial charge on any atom is -0.342 e. The number of amides is 1. The maximum Gasteiger partial charge on any atom is 0.263 e. The number of aromatic nitrogens is 4. The van der Waals surface area contributed by atoms with Gasteiger partial charge in [0.25, 0.3) is 5.56 Å². The second-order valence-corrected chi connectivity index (χ2v) is 11.5. The number of nitrogens with one attached hydrogen (secondary N) is 3. The number of aromatic amines is 2. The summed E-state index contributed by atoms with van der Waals surface area (Å²) in [5.74, 6) is 0.585. The van der Waals surface area contributed by atoms with Crippen molar-refractivity contribution in [2.75, 3.05) is 23.3 Å². The maximum atomic E-state index is 13.5. The highest BCUT2D eigenvalue weighted by atomic mass is 16.1. The molecule has 1 saturated carbocycles. The van der Waals surface area contributed by atoms with E-state index in [1.54, 1.807) is 0 Å². The molecule has 8 rings (SSSR count). The van der Waals surface area contributed by atoms with E-state index in [4.69, 9.17) is 10.7 Å². The molecule has 1 saturated heterocycles. The number of hydrogen-bond donors (Lipinski definition) is 4. The van der Waals surface area contributed by atoms with Gasteiger partial charge in [-0.15, -0.1) is 0 Å². The fraction of sp³-hybridized carbons (Fsp3) is 0.379. The molecule has 1 atom stereocenters. The van der Waals surface area contributed by atoms with Crippen LogP contribution in [-0.4, -0.2) is 39.2 Å². The first-order valence-corrected chi connectivity index (χ1v) is 13.5. The molecule has 5 N–H and O–H groups in total. The highest BCUT2D eigenvalue weighted by Crippen LogP contribution is 2.56. The van der Waals surface area contributed by atoms with Crippen molar-refractivity contribution < 1.29 is 4.79 Å². The van der Waals surface area contributed by atoms with Crippen LogP contribution in [-0.2, 0) is 23.1 Å². The first kappa shape index (κ1) is 22.0. The van der Waals surface area contributed by atoms with Crippen LogP contribution < -0.4 is 21.5 Å². The van der Waals surface area contributed by atoms with Crippen molar-refractivity contribution in [2.45, 2.75) is 50.0 Å². The molecular weight excluding hydrogens is 478 g/mol. The van der Waals surface area contributed by atoms with Crippen LogP contribution in [0.1, 0.15) is 59.7 Å². The van der Waals surface area contributed by atoms with E-state index in [2.05, 4.69) is 55.7 Å².